The first-order chi connectivity index (χ1) is 23.1. The first kappa shape index (κ1) is 31.4. The van der Waals surface area contributed by atoms with Crippen molar-refractivity contribution < 1.29 is 4.74 Å². The van der Waals surface area contributed by atoms with Crippen molar-refractivity contribution in [2.75, 3.05) is 0 Å². The number of rotatable bonds is 8. The molecule has 3 heterocycles. The standard InChI is InChI=1S/C43H44N4O/c1-28(2)33-16-19-39-38(25-33)37-18-17-36(27-40(37)46(39)41-24-31(21-23-44-41)20-22-43(5,6)7)48-35-15-11-14-34(26-35)47-30(4)42(29(3)45-47)32-12-9-8-10-13-32/h8-19,21,23-28H,20,22H2,1-7H3. The van der Waals surface area contributed by atoms with Crippen LogP contribution in [0.25, 0.3) is 44.4 Å². The third kappa shape index (κ3) is 6.13. The van der Waals surface area contributed by atoms with Crippen molar-refractivity contribution >= 4 is 21.8 Å². The fourth-order valence-electron chi connectivity index (χ4n) is 6.68. The molecule has 48 heavy (non-hydrogen) atoms. The highest BCUT2D eigenvalue weighted by Crippen LogP contribution is 2.37. The summed E-state index contributed by atoms with van der Waals surface area (Å²) in [5.41, 5.74) is 10.5. The van der Waals surface area contributed by atoms with E-state index in [9.17, 15) is 0 Å². The van der Waals surface area contributed by atoms with Gasteiger partial charge < -0.3 is 4.74 Å². The maximum Gasteiger partial charge on any atom is 0.137 e. The number of benzene rings is 4. The molecular formula is C43H44N4O. The van der Waals surface area contributed by atoms with Gasteiger partial charge in [0.2, 0.25) is 0 Å². The predicted octanol–water partition coefficient (Wildman–Crippen LogP) is 11.5. The molecule has 0 fully saturated rings. The van der Waals surface area contributed by atoms with Crippen LogP contribution in [-0.4, -0.2) is 19.3 Å². The van der Waals surface area contributed by atoms with Gasteiger partial charge in [0.05, 0.1) is 22.4 Å². The monoisotopic (exact) mass is 632 g/mol. The van der Waals surface area contributed by atoms with Crippen LogP contribution in [0.3, 0.4) is 0 Å². The second-order valence-corrected chi connectivity index (χ2v) is 14.5. The number of fused-ring (bicyclic) bond motifs is 3. The smallest absolute Gasteiger partial charge is 0.137 e. The number of ether oxygens (including phenoxy) is 1. The quantitative estimate of drug-likeness (QED) is 0.167. The lowest BCUT2D eigenvalue weighted by molar-refractivity contribution is 0.378. The van der Waals surface area contributed by atoms with Gasteiger partial charge in [0, 0.05) is 40.4 Å². The molecule has 0 aliphatic carbocycles. The molecule has 7 aromatic rings. The van der Waals surface area contributed by atoms with Gasteiger partial charge in [-0.05, 0) is 103 Å². The predicted molar refractivity (Wildman–Crippen MR) is 199 cm³/mol. The summed E-state index contributed by atoms with van der Waals surface area (Å²) < 4.78 is 10.9. The Morgan fingerprint density at radius 3 is 2.31 bits per heavy atom. The molecule has 0 amide bonds. The molecule has 3 aromatic heterocycles. The van der Waals surface area contributed by atoms with E-state index in [1.54, 1.807) is 0 Å². The highest BCUT2D eigenvalue weighted by Gasteiger charge is 2.18. The maximum absolute atomic E-state index is 6.58. The zero-order valence-corrected chi connectivity index (χ0v) is 29.1. The van der Waals surface area contributed by atoms with Gasteiger partial charge in [-0.1, -0.05) is 77.1 Å². The molecule has 242 valence electrons. The largest absolute Gasteiger partial charge is 0.457 e. The summed E-state index contributed by atoms with van der Waals surface area (Å²) in [6, 6.07) is 36.3. The third-order valence-electron chi connectivity index (χ3n) is 9.28. The van der Waals surface area contributed by atoms with Crippen LogP contribution in [0.1, 0.15) is 69.5 Å². The van der Waals surface area contributed by atoms with Crippen LogP contribution in [0.4, 0.5) is 0 Å². The second kappa shape index (κ2) is 12.5. The van der Waals surface area contributed by atoms with E-state index in [1.807, 2.05) is 29.1 Å². The molecular weight excluding hydrogens is 589 g/mol. The summed E-state index contributed by atoms with van der Waals surface area (Å²) in [7, 11) is 0. The van der Waals surface area contributed by atoms with E-state index in [2.05, 4.69) is 138 Å². The average Bonchev–Trinajstić information content (AvgIpc) is 3.56. The van der Waals surface area contributed by atoms with Crippen LogP contribution in [0.15, 0.2) is 109 Å². The van der Waals surface area contributed by atoms with Crippen molar-refractivity contribution in [1.82, 2.24) is 19.3 Å². The molecule has 0 spiro atoms. The van der Waals surface area contributed by atoms with Crippen molar-refractivity contribution in [3.8, 4) is 34.1 Å². The summed E-state index contributed by atoms with van der Waals surface area (Å²) >= 11 is 0. The van der Waals surface area contributed by atoms with Gasteiger partial charge >= 0.3 is 0 Å². The molecule has 0 saturated carbocycles. The number of aryl methyl sites for hydroxylation is 2. The Labute approximate surface area is 283 Å². The molecule has 0 N–H and O–H groups in total. The number of hydrogen-bond acceptors (Lipinski definition) is 3. The molecule has 0 bridgehead atoms. The number of nitrogens with zero attached hydrogens (tertiary/aromatic N) is 4. The lowest BCUT2D eigenvalue weighted by atomic mass is 9.89. The molecule has 0 unspecified atom stereocenters. The zero-order valence-electron chi connectivity index (χ0n) is 29.1. The number of aromatic nitrogens is 4. The minimum Gasteiger partial charge on any atom is -0.457 e. The molecule has 5 nitrogen and oxygen atoms in total. The Morgan fingerprint density at radius 2 is 1.54 bits per heavy atom. The van der Waals surface area contributed by atoms with E-state index < -0.39 is 0 Å². The fraction of sp³-hybridized carbons (Fsp3) is 0.256. The molecule has 0 saturated heterocycles. The van der Waals surface area contributed by atoms with Gasteiger partial charge in [-0.15, -0.1) is 0 Å². The van der Waals surface area contributed by atoms with Crippen molar-refractivity contribution in [2.45, 2.75) is 67.2 Å². The lowest BCUT2D eigenvalue weighted by Gasteiger charge is -2.18. The molecule has 0 aliphatic heterocycles. The van der Waals surface area contributed by atoms with Gasteiger partial charge in [-0.3, -0.25) is 4.57 Å². The first-order valence-corrected chi connectivity index (χ1v) is 17.0. The van der Waals surface area contributed by atoms with Gasteiger partial charge in [0.15, 0.2) is 0 Å². The highest BCUT2D eigenvalue weighted by atomic mass is 16.5. The minimum absolute atomic E-state index is 0.270. The zero-order chi connectivity index (χ0) is 33.6. The van der Waals surface area contributed by atoms with Gasteiger partial charge in [0.1, 0.15) is 17.3 Å². The summed E-state index contributed by atoms with van der Waals surface area (Å²) in [4.78, 5) is 4.89. The average molecular weight is 633 g/mol. The molecule has 5 heteroatoms. The van der Waals surface area contributed by atoms with Crippen LogP contribution in [0.2, 0.25) is 0 Å². The fourth-order valence-corrected chi connectivity index (χ4v) is 6.68. The Morgan fingerprint density at radius 1 is 0.750 bits per heavy atom. The molecule has 7 rings (SSSR count). The molecule has 0 radical (unpaired) electrons. The van der Waals surface area contributed by atoms with Crippen molar-refractivity contribution in [2.24, 2.45) is 5.41 Å². The van der Waals surface area contributed by atoms with Crippen LogP contribution in [0.5, 0.6) is 11.5 Å². The van der Waals surface area contributed by atoms with E-state index in [-0.39, 0.29) is 5.41 Å². The first-order valence-electron chi connectivity index (χ1n) is 17.0. The summed E-state index contributed by atoms with van der Waals surface area (Å²) in [5, 5.41) is 7.33. The topological polar surface area (TPSA) is 44.9 Å². The summed E-state index contributed by atoms with van der Waals surface area (Å²) in [5.74, 6) is 2.90. The van der Waals surface area contributed by atoms with Crippen molar-refractivity contribution in [3.63, 3.8) is 0 Å². The Hall–Kier alpha value is -5.16. The molecule has 0 aliphatic rings. The van der Waals surface area contributed by atoms with Crippen LogP contribution in [-0.2, 0) is 6.42 Å². The van der Waals surface area contributed by atoms with E-state index in [4.69, 9.17) is 14.8 Å². The summed E-state index contributed by atoms with van der Waals surface area (Å²) in [6.45, 7) is 15.6. The van der Waals surface area contributed by atoms with Crippen molar-refractivity contribution in [1.29, 1.82) is 0 Å². The maximum atomic E-state index is 6.58. The van der Waals surface area contributed by atoms with Gasteiger partial charge in [-0.2, -0.15) is 5.10 Å². The number of hydrogen-bond donors (Lipinski definition) is 0. The van der Waals surface area contributed by atoms with Gasteiger partial charge in [0.25, 0.3) is 0 Å². The van der Waals surface area contributed by atoms with Crippen LogP contribution in [0, 0.1) is 19.3 Å². The third-order valence-corrected chi connectivity index (χ3v) is 9.28. The highest BCUT2D eigenvalue weighted by molar-refractivity contribution is 6.09. The Balaban J connectivity index is 1.29. The number of pyridine rings is 1. The molecule has 0 atom stereocenters. The van der Waals surface area contributed by atoms with Crippen LogP contribution >= 0.6 is 0 Å². The van der Waals surface area contributed by atoms with Crippen molar-refractivity contribution in [3.05, 3.63) is 132 Å². The summed E-state index contributed by atoms with van der Waals surface area (Å²) in [6.07, 6.45) is 4.07. The van der Waals surface area contributed by atoms with Gasteiger partial charge in [-0.25, -0.2) is 9.67 Å². The van der Waals surface area contributed by atoms with E-state index in [1.165, 1.54) is 27.5 Å². The van der Waals surface area contributed by atoms with E-state index in [0.717, 1.165) is 63.8 Å². The minimum atomic E-state index is 0.270. The normalized spacial score (nSPS) is 12.0. The molecule has 4 aromatic carbocycles. The SMILES string of the molecule is Cc1nn(-c2cccc(Oc3ccc4c5cc(C(C)C)ccc5n(-c5cc(CCC(C)(C)C)ccn5)c4c3)c2)c(C)c1-c1ccccc1. The van der Waals surface area contributed by atoms with Crippen LogP contribution < -0.4 is 4.74 Å². The van der Waals surface area contributed by atoms with E-state index in [0.29, 0.717) is 5.92 Å². The lowest BCUT2D eigenvalue weighted by Crippen LogP contribution is -2.07. The van der Waals surface area contributed by atoms with E-state index >= 15 is 0 Å². The second-order valence-electron chi connectivity index (χ2n) is 14.5. The Bertz CT molecular complexity index is 2250. The Kier molecular flexibility index (Phi) is 8.16.